The monoisotopic (exact) mass is 389 g/mol. The molecule has 4 N–H and O–H groups in total. The molecule has 2 rings (SSSR count). The highest BCUT2D eigenvalue weighted by atomic mass is 79.9. The first kappa shape index (κ1) is 18.9. The fourth-order valence-electron chi connectivity index (χ4n) is 2.66. The second-order valence-corrected chi connectivity index (χ2v) is 6.21. The number of nitrogens with one attached hydrogen (secondary N) is 2. The van der Waals surface area contributed by atoms with Crippen molar-refractivity contribution in [3.8, 4) is 0 Å². The Labute approximate surface area is 144 Å². The van der Waals surface area contributed by atoms with E-state index >= 15 is 0 Å². The Morgan fingerprint density at radius 1 is 1.32 bits per heavy atom. The Balaban J connectivity index is 0.00000242. The molecule has 1 aliphatic rings. The van der Waals surface area contributed by atoms with E-state index in [0.717, 1.165) is 23.7 Å². The van der Waals surface area contributed by atoms with Crippen molar-refractivity contribution in [3.05, 3.63) is 34.3 Å². The van der Waals surface area contributed by atoms with Crippen molar-refractivity contribution < 1.29 is 9.59 Å². The first-order chi connectivity index (χ1) is 10.1. The number of rotatable bonds is 5. The number of amides is 2. The highest BCUT2D eigenvalue weighted by Crippen LogP contribution is 2.24. The molecule has 2 unspecified atom stereocenters. The minimum absolute atomic E-state index is 0. The largest absolute Gasteiger partial charge is 0.352 e. The molecule has 1 saturated carbocycles. The summed E-state index contributed by atoms with van der Waals surface area (Å²) < 4.78 is 0.830. The summed E-state index contributed by atoms with van der Waals surface area (Å²) in [5.41, 5.74) is 6.21. The number of hydrogen-bond donors (Lipinski definition) is 3. The van der Waals surface area contributed by atoms with Gasteiger partial charge in [-0.05, 0) is 43.5 Å². The van der Waals surface area contributed by atoms with E-state index in [1.165, 1.54) is 0 Å². The molecule has 1 aliphatic carbocycles. The third kappa shape index (κ3) is 5.26. The standard InChI is InChI=1S/C15H20BrN3O2.ClH/c16-12-5-1-3-10(7-12)15(21)18-9-14(20)19-13-6-2-4-11(13)8-17;/h1,3,5,7,11,13H,2,4,6,8-9,17H2,(H,18,21)(H,19,20);1H. The van der Waals surface area contributed by atoms with Gasteiger partial charge in [0, 0.05) is 16.1 Å². The zero-order valence-electron chi connectivity index (χ0n) is 12.2. The fourth-order valence-corrected chi connectivity index (χ4v) is 3.06. The Morgan fingerprint density at radius 2 is 2.09 bits per heavy atom. The summed E-state index contributed by atoms with van der Waals surface area (Å²) in [7, 11) is 0. The van der Waals surface area contributed by atoms with E-state index in [2.05, 4.69) is 26.6 Å². The highest BCUT2D eigenvalue weighted by molar-refractivity contribution is 9.10. The molecule has 0 bridgehead atoms. The fraction of sp³-hybridized carbons (Fsp3) is 0.467. The van der Waals surface area contributed by atoms with Gasteiger partial charge in [0.25, 0.3) is 5.91 Å². The van der Waals surface area contributed by atoms with Gasteiger partial charge in [0.2, 0.25) is 5.91 Å². The van der Waals surface area contributed by atoms with Crippen LogP contribution in [0.15, 0.2) is 28.7 Å². The number of halogens is 2. The molecular weight excluding hydrogens is 370 g/mol. The molecule has 1 fully saturated rings. The van der Waals surface area contributed by atoms with Gasteiger partial charge in [0.05, 0.1) is 6.54 Å². The average molecular weight is 391 g/mol. The predicted molar refractivity (Wildman–Crippen MR) is 92.0 cm³/mol. The third-order valence-electron chi connectivity index (χ3n) is 3.80. The Kier molecular flexibility index (Phi) is 7.85. The van der Waals surface area contributed by atoms with Crippen molar-refractivity contribution in [3.63, 3.8) is 0 Å². The van der Waals surface area contributed by atoms with Gasteiger partial charge in [0.15, 0.2) is 0 Å². The summed E-state index contributed by atoms with van der Waals surface area (Å²) in [6.07, 6.45) is 3.12. The Morgan fingerprint density at radius 3 is 2.77 bits per heavy atom. The smallest absolute Gasteiger partial charge is 0.251 e. The second kappa shape index (κ2) is 9.12. The Bertz CT molecular complexity index is 527. The minimum Gasteiger partial charge on any atom is -0.352 e. The van der Waals surface area contributed by atoms with Crippen molar-refractivity contribution in [2.45, 2.75) is 25.3 Å². The van der Waals surface area contributed by atoms with Crippen LogP contribution < -0.4 is 16.4 Å². The summed E-state index contributed by atoms with van der Waals surface area (Å²) in [6, 6.07) is 7.19. The quantitative estimate of drug-likeness (QED) is 0.717. The molecule has 0 aliphatic heterocycles. The molecule has 0 spiro atoms. The first-order valence-electron chi connectivity index (χ1n) is 7.13. The molecule has 7 heteroatoms. The molecule has 1 aromatic carbocycles. The molecule has 1 aromatic rings. The summed E-state index contributed by atoms with van der Waals surface area (Å²) >= 11 is 3.31. The number of hydrogen-bond acceptors (Lipinski definition) is 3. The molecule has 5 nitrogen and oxygen atoms in total. The topological polar surface area (TPSA) is 84.2 Å². The van der Waals surface area contributed by atoms with Crippen molar-refractivity contribution in [2.24, 2.45) is 11.7 Å². The lowest BCUT2D eigenvalue weighted by Crippen LogP contribution is -2.44. The van der Waals surface area contributed by atoms with Crippen molar-refractivity contribution >= 4 is 40.2 Å². The maximum absolute atomic E-state index is 11.9. The van der Waals surface area contributed by atoms with E-state index in [-0.39, 0.29) is 36.8 Å². The third-order valence-corrected chi connectivity index (χ3v) is 4.30. The van der Waals surface area contributed by atoms with Crippen LogP contribution in [-0.4, -0.2) is 30.9 Å². The number of nitrogens with two attached hydrogens (primary N) is 1. The van der Waals surface area contributed by atoms with Gasteiger partial charge < -0.3 is 16.4 Å². The molecule has 0 saturated heterocycles. The molecule has 122 valence electrons. The SMILES string of the molecule is Cl.NCC1CCCC1NC(=O)CNC(=O)c1cccc(Br)c1. The van der Waals surface area contributed by atoms with Gasteiger partial charge in [-0.3, -0.25) is 9.59 Å². The number of carbonyl (C=O) groups is 2. The van der Waals surface area contributed by atoms with Gasteiger partial charge in [0.1, 0.15) is 0 Å². The maximum Gasteiger partial charge on any atom is 0.251 e. The molecule has 2 atom stereocenters. The molecule has 22 heavy (non-hydrogen) atoms. The van der Waals surface area contributed by atoms with Gasteiger partial charge in [-0.2, -0.15) is 0 Å². The van der Waals surface area contributed by atoms with Crippen molar-refractivity contribution in [1.29, 1.82) is 0 Å². The second-order valence-electron chi connectivity index (χ2n) is 5.29. The van der Waals surface area contributed by atoms with Crippen LogP contribution in [-0.2, 0) is 4.79 Å². The average Bonchev–Trinajstić information content (AvgIpc) is 2.92. The van der Waals surface area contributed by atoms with Crippen LogP contribution in [0.25, 0.3) is 0 Å². The predicted octanol–water partition coefficient (Wildman–Crippen LogP) is 1.84. The van der Waals surface area contributed by atoms with Crippen LogP contribution >= 0.6 is 28.3 Å². The van der Waals surface area contributed by atoms with E-state index in [0.29, 0.717) is 18.0 Å². The van der Waals surface area contributed by atoms with Crippen LogP contribution in [0.3, 0.4) is 0 Å². The van der Waals surface area contributed by atoms with Gasteiger partial charge in [-0.15, -0.1) is 12.4 Å². The molecular formula is C15H21BrClN3O2. The molecule has 0 aromatic heterocycles. The minimum atomic E-state index is -0.256. The zero-order chi connectivity index (χ0) is 15.2. The van der Waals surface area contributed by atoms with E-state index in [1.54, 1.807) is 18.2 Å². The first-order valence-corrected chi connectivity index (χ1v) is 7.92. The van der Waals surface area contributed by atoms with Gasteiger partial charge in [-0.25, -0.2) is 0 Å². The maximum atomic E-state index is 11.9. The van der Waals surface area contributed by atoms with Crippen LogP contribution in [0.1, 0.15) is 29.6 Å². The van der Waals surface area contributed by atoms with Crippen molar-refractivity contribution in [2.75, 3.05) is 13.1 Å². The van der Waals surface area contributed by atoms with Crippen LogP contribution in [0.2, 0.25) is 0 Å². The Hall–Kier alpha value is -1.11. The lowest BCUT2D eigenvalue weighted by Gasteiger charge is -2.19. The number of carbonyl (C=O) groups excluding carboxylic acids is 2. The van der Waals surface area contributed by atoms with Crippen LogP contribution in [0, 0.1) is 5.92 Å². The van der Waals surface area contributed by atoms with Crippen LogP contribution in [0.5, 0.6) is 0 Å². The lowest BCUT2D eigenvalue weighted by molar-refractivity contribution is -0.121. The number of benzene rings is 1. The highest BCUT2D eigenvalue weighted by Gasteiger charge is 2.27. The molecule has 0 radical (unpaired) electrons. The van der Waals surface area contributed by atoms with E-state index < -0.39 is 0 Å². The summed E-state index contributed by atoms with van der Waals surface area (Å²) in [6.45, 7) is 0.578. The van der Waals surface area contributed by atoms with E-state index in [4.69, 9.17) is 5.73 Å². The zero-order valence-corrected chi connectivity index (χ0v) is 14.6. The lowest BCUT2D eigenvalue weighted by atomic mass is 10.0. The van der Waals surface area contributed by atoms with Gasteiger partial charge >= 0.3 is 0 Å². The summed E-state index contributed by atoms with van der Waals surface area (Å²) in [5, 5.41) is 5.58. The van der Waals surface area contributed by atoms with Gasteiger partial charge in [-0.1, -0.05) is 28.4 Å². The van der Waals surface area contributed by atoms with E-state index in [1.807, 2.05) is 6.07 Å². The van der Waals surface area contributed by atoms with Crippen LogP contribution in [0.4, 0.5) is 0 Å². The molecule has 0 heterocycles. The normalized spacial score (nSPS) is 20.1. The van der Waals surface area contributed by atoms with E-state index in [9.17, 15) is 9.59 Å². The van der Waals surface area contributed by atoms with Crippen molar-refractivity contribution in [1.82, 2.24) is 10.6 Å². The molecule has 2 amide bonds. The summed E-state index contributed by atoms with van der Waals surface area (Å²) in [5.74, 6) is -0.0633. The summed E-state index contributed by atoms with van der Waals surface area (Å²) in [4.78, 5) is 23.8.